The minimum atomic E-state index is 0.597. The third kappa shape index (κ3) is 2.57. The topological polar surface area (TPSA) is 50.9 Å². The summed E-state index contributed by atoms with van der Waals surface area (Å²) in [5, 5.41) is 3.26. The van der Waals surface area contributed by atoms with Crippen LogP contribution in [0.3, 0.4) is 0 Å². The summed E-state index contributed by atoms with van der Waals surface area (Å²) in [6.07, 6.45) is 7.54. The van der Waals surface area contributed by atoms with Crippen molar-refractivity contribution < 1.29 is 0 Å². The lowest BCUT2D eigenvalue weighted by Crippen LogP contribution is -2.03. The first kappa shape index (κ1) is 10.2. The predicted molar refractivity (Wildman–Crippen MR) is 62.9 cm³/mol. The molecule has 1 aromatic rings. The molecule has 0 fully saturated rings. The standard InChI is InChI=1S/C12H17N3/c13-8-1-2-9-14-12-7-6-10-4-3-5-11(10)15-12/h1-2,6-7H,3-5,8-9,13H2,(H,14,15)/b2-1+. The molecule has 0 radical (unpaired) electrons. The summed E-state index contributed by atoms with van der Waals surface area (Å²) in [5.41, 5.74) is 8.03. The van der Waals surface area contributed by atoms with Crippen LogP contribution in [0.4, 0.5) is 5.82 Å². The minimum absolute atomic E-state index is 0.597. The van der Waals surface area contributed by atoms with Gasteiger partial charge in [-0.25, -0.2) is 4.98 Å². The zero-order valence-corrected chi connectivity index (χ0v) is 8.87. The summed E-state index contributed by atoms with van der Waals surface area (Å²) in [7, 11) is 0. The molecule has 1 aromatic heterocycles. The summed E-state index contributed by atoms with van der Waals surface area (Å²) >= 11 is 0. The Morgan fingerprint density at radius 3 is 3.13 bits per heavy atom. The van der Waals surface area contributed by atoms with Gasteiger partial charge in [0.05, 0.1) is 0 Å². The Morgan fingerprint density at radius 1 is 1.33 bits per heavy atom. The highest BCUT2D eigenvalue weighted by molar-refractivity contribution is 5.40. The van der Waals surface area contributed by atoms with Gasteiger partial charge < -0.3 is 11.1 Å². The van der Waals surface area contributed by atoms with Crippen LogP contribution in [0.15, 0.2) is 24.3 Å². The zero-order valence-electron chi connectivity index (χ0n) is 8.87. The molecule has 0 spiro atoms. The first-order valence-corrected chi connectivity index (χ1v) is 5.48. The van der Waals surface area contributed by atoms with Gasteiger partial charge in [-0.1, -0.05) is 18.2 Å². The summed E-state index contributed by atoms with van der Waals surface area (Å²) in [6.45, 7) is 1.39. The highest BCUT2D eigenvalue weighted by Crippen LogP contribution is 2.21. The second-order valence-corrected chi connectivity index (χ2v) is 3.74. The van der Waals surface area contributed by atoms with Gasteiger partial charge in [0, 0.05) is 18.8 Å². The highest BCUT2D eigenvalue weighted by atomic mass is 15.0. The number of rotatable bonds is 4. The smallest absolute Gasteiger partial charge is 0.126 e. The summed E-state index contributed by atoms with van der Waals surface area (Å²) < 4.78 is 0. The fourth-order valence-electron chi connectivity index (χ4n) is 1.86. The largest absolute Gasteiger partial charge is 0.367 e. The van der Waals surface area contributed by atoms with Gasteiger partial charge in [0.1, 0.15) is 5.82 Å². The molecule has 15 heavy (non-hydrogen) atoms. The van der Waals surface area contributed by atoms with E-state index < -0.39 is 0 Å². The molecule has 0 aromatic carbocycles. The fraction of sp³-hybridized carbons (Fsp3) is 0.417. The number of nitrogens with zero attached hydrogens (tertiary/aromatic N) is 1. The van der Waals surface area contributed by atoms with Gasteiger partial charge in [-0.2, -0.15) is 0 Å². The number of hydrogen-bond acceptors (Lipinski definition) is 3. The van der Waals surface area contributed by atoms with Crippen LogP contribution in [-0.4, -0.2) is 18.1 Å². The average molecular weight is 203 g/mol. The SMILES string of the molecule is NC/C=C/CNc1ccc2c(n1)CCC2. The lowest BCUT2D eigenvalue weighted by atomic mass is 10.2. The Labute approximate surface area is 90.4 Å². The number of aromatic nitrogens is 1. The van der Waals surface area contributed by atoms with Crippen LogP contribution in [0.5, 0.6) is 0 Å². The molecule has 2 rings (SSSR count). The maximum atomic E-state index is 5.35. The van der Waals surface area contributed by atoms with E-state index >= 15 is 0 Å². The van der Waals surface area contributed by atoms with Crippen molar-refractivity contribution in [3.05, 3.63) is 35.5 Å². The molecule has 3 heteroatoms. The van der Waals surface area contributed by atoms with Crippen LogP contribution in [0.1, 0.15) is 17.7 Å². The van der Waals surface area contributed by atoms with Gasteiger partial charge in [-0.05, 0) is 30.9 Å². The van der Waals surface area contributed by atoms with E-state index in [9.17, 15) is 0 Å². The number of anilines is 1. The van der Waals surface area contributed by atoms with Crippen molar-refractivity contribution in [2.24, 2.45) is 5.73 Å². The van der Waals surface area contributed by atoms with E-state index in [-0.39, 0.29) is 0 Å². The van der Waals surface area contributed by atoms with E-state index in [0.717, 1.165) is 18.8 Å². The molecule has 80 valence electrons. The van der Waals surface area contributed by atoms with Crippen LogP contribution in [-0.2, 0) is 12.8 Å². The molecule has 0 saturated carbocycles. The van der Waals surface area contributed by atoms with E-state index in [0.29, 0.717) is 6.54 Å². The fourth-order valence-corrected chi connectivity index (χ4v) is 1.86. The lowest BCUT2D eigenvalue weighted by molar-refractivity contribution is 0.899. The van der Waals surface area contributed by atoms with Gasteiger partial charge in [0.2, 0.25) is 0 Å². The maximum absolute atomic E-state index is 5.35. The Kier molecular flexibility index (Phi) is 3.35. The van der Waals surface area contributed by atoms with E-state index in [4.69, 9.17) is 5.73 Å². The van der Waals surface area contributed by atoms with Crippen LogP contribution >= 0.6 is 0 Å². The summed E-state index contributed by atoms with van der Waals surface area (Å²) in [5.74, 6) is 0.970. The van der Waals surface area contributed by atoms with Crippen molar-refractivity contribution in [3.63, 3.8) is 0 Å². The molecule has 1 aliphatic rings. The Hall–Kier alpha value is -1.35. The molecule has 1 heterocycles. The highest BCUT2D eigenvalue weighted by Gasteiger charge is 2.11. The third-order valence-corrected chi connectivity index (χ3v) is 2.63. The molecule has 0 atom stereocenters. The minimum Gasteiger partial charge on any atom is -0.367 e. The van der Waals surface area contributed by atoms with Crippen molar-refractivity contribution in [1.29, 1.82) is 0 Å². The number of nitrogens with two attached hydrogens (primary N) is 1. The van der Waals surface area contributed by atoms with E-state index in [1.807, 2.05) is 12.2 Å². The maximum Gasteiger partial charge on any atom is 0.126 e. The number of hydrogen-bond donors (Lipinski definition) is 2. The summed E-state index contributed by atoms with van der Waals surface area (Å²) in [6, 6.07) is 4.24. The van der Waals surface area contributed by atoms with E-state index in [2.05, 4.69) is 22.4 Å². The lowest BCUT2D eigenvalue weighted by Gasteiger charge is -2.04. The molecular weight excluding hydrogens is 186 g/mol. The molecular formula is C12H17N3. The number of nitrogens with one attached hydrogen (secondary N) is 1. The second-order valence-electron chi connectivity index (χ2n) is 3.74. The van der Waals surface area contributed by atoms with Crippen molar-refractivity contribution in [2.45, 2.75) is 19.3 Å². The second kappa shape index (κ2) is 4.94. The van der Waals surface area contributed by atoms with E-state index in [1.54, 1.807) is 0 Å². The van der Waals surface area contributed by atoms with Crippen LogP contribution in [0.25, 0.3) is 0 Å². The molecule has 3 N–H and O–H groups in total. The van der Waals surface area contributed by atoms with Gasteiger partial charge in [0.15, 0.2) is 0 Å². The van der Waals surface area contributed by atoms with Crippen molar-refractivity contribution in [2.75, 3.05) is 18.4 Å². The first-order chi connectivity index (χ1) is 7.40. The number of pyridine rings is 1. The predicted octanol–water partition coefficient (Wildman–Crippen LogP) is 1.50. The normalized spacial score (nSPS) is 14.5. The van der Waals surface area contributed by atoms with Gasteiger partial charge in [-0.3, -0.25) is 0 Å². The molecule has 0 bridgehead atoms. The Morgan fingerprint density at radius 2 is 2.27 bits per heavy atom. The Balaban J connectivity index is 1.95. The van der Waals surface area contributed by atoms with Crippen molar-refractivity contribution in [3.8, 4) is 0 Å². The third-order valence-electron chi connectivity index (χ3n) is 2.63. The number of fused-ring (bicyclic) bond motifs is 1. The molecule has 1 aliphatic carbocycles. The molecule has 0 aliphatic heterocycles. The van der Waals surface area contributed by atoms with Crippen molar-refractivity contribution in [1.82, 2.24) is 4.98 Å². The number of aryl methyl sites for hydroxylation is 2. The molecule has 3 nitrogen and oxygen atoms in total. The quantitative estimate of drug-likeness (QED) is 0.729. The Bertz CT molecular complexity index is 358. The monoisotopic (exact) mass is 203 g/mol. The average Bonchev–Trinajstić information content (AvgIpc) is 2.71. The van der Waals surface area contributed by atoms with Crippen LogP contribution < -0.4 is 11.1 Å². The van der Waals surface area contributed by atoms with Crippen molar-refractivity contribution >= 4 is 5.82 Å². The molecule has 0 saturated heterocycles. The summed E-state index contributed by atoms with van der Waals surface area (Å²) in [4.78, 5) is 4.57. The van der Waals surface area contributed by atoms with E-state index in [1.165, 1.54) is 24.1 Å². The van der Waals surface area contributed by atoms with Crippen LogP contribution in [0.2, 0.25) is 0 Å². The zero-order chi connectivity index (χ0) is 10.5. The van der Waals surface area contributed by atoms with Gasteiger partial charge >= 0.3 is 0 Å². The van der Waals surface area contributed by atoms with Gasteiger partial charge in [-0.15, -0.1) is 0 Å². The molecule has 0 amide bonds. The van der Waals surface area contributed by atoms with Crippen LogP contribution in [0, 0.1) is 0 Å². The van der Waals surface area contributed by atoms with Gasteiger partial charge in [0.25, 0.3) is 0 Å². The first-order valence-electron chi connectivity index (χ1n) is 5.48. The molecule has 0 unspecified atom stereocenters.